The number of carbonyl (C=O) groups is 1. The highest BCUT2D eigenvalue weighted by atomic mass is 16.1. The minimum Gasteiger partial charge on any atom is -0.352 e. The summed E-state index contributed by atoms with van der Waals surface area (Å²) in [5.41, 5.74) is 8.77. The Kier molecular flexibility index (Phi) is 6.64. The van der Waals surface area contributed by atoms with Crippen molar-refractivity contribution in [1.82, 2.24) is 9.88 Å². The van der Waals surface area contributed by atoms with Gasteiger partial charge < -0.3 is 10.7 Å². The second-order valence-corrected chi connectivity index (χ2v) is 7.37. The summed E-state index contributed by atoms with van der Waals surface area (Å²) in [5, 5.41) is 1.11. The average Bonchev–Trinajstić information content (AvgIpc) is 3.10. The first-order valence-corrected chi connectivity index (χ1v) is 9.89. The first kappa shape index (κ1) is 18.9. The van der Waals surface area contributed by atoms with E-state index in [9.17, 15) is 4.79 Å². The Labute approximate surface area is 156 Å². The van der Waals surface area contributed by atoms with Crippen molar-refractivity contribution in [2.45, 2.75) is 39.0 Å². The number of fused-ring (bicyclic) bond motifs is 1. The van der Waals surface area contributed by atoms with Crippen LogP contribution < -0.4 is 5.73 Å². The molecule has 0 radical (unpaired) electrons. The number of unbranched alkanes of at least 4 members (excludes halogenated alkanes) is 2. The number of aromatic nitrogens is 1. The van der Waals surface area contributed by atoms with Crippen molar-refractivity contribution in [2.75, 3.05) is 26.2 Å². The quantitative estimate of drug-likeness (QED) is 0.426. The molecule has 1 saturated heterocycles. The van der Waals surface area contributed by atoms with Gasteiger partial charge in [-0.3, -0.25) is 9.69 Å². The fourth-order valence-corrected chi connectivity index (χ4v) is 3.96. The summed E-state index contributed by atoms with van der Waals surface area (Å²) in [7, 11) is 0. The smallest absolute Gasteiger partial charge is 0.179 e. The third-order valence-corrected chi connectivity index (χ3v) is 5.54. The Morgan fingerprint density at radius 2 is 2.15 bits per heavy atom. The lowest BCUT2D eigenvalue weighted by molar-refractivity contribution is 0.0949. The summed E-state index contributed by atoms with van der Waals surface area (Å²) in [5.74, 6) is 0.598. The number of benzene rings is 1. The van der Waals surface area contributed by atoms with Crippen molar-refractivity contribution < 1.29 is 4.79 Å². The predicted molar refractivity (Wildman–Crippen MR) is 108 cm³/mol. The van der Waals surface area contributed by atoms with E-state index in [-0.39, 0.29) is 5.78 Å². The molecule has 0 unspecified atom stereocenters. The maximum absolute atomic E-state index is 12.8. The van der Waals surface area contributed by atoms with Gasteiger partial charge in [0.05, 0.1) is 5.69 Å². The molecule has 3 N–H and O–H groups in total. The van der Waals surface area contributed by atoms with Crippen LogP contribution in [0.15, 0.2) is 42.0 Å². The van der Waals surface area contributed by atoms with Crippen LogP contribution in [0.1, 0.15) is 49.5 Å². The number of ketones is 1. The number of H-pyrrole nitrogens is 1. The van der Waals surface area contributed by atoms with E-state index >= 15 is 0 Å². The van der Waals surface area contributed by atoms with Crippen molar-refractivity contribution in [3.05, 3.63) is 47.7 Å². The summed E-state index contributed by atoms with van der Waals surface area (Å²) in [6, 6.07) is 10.1. The van der Waals surface area contributed by atoms with Crippen LogP contribution in [0.25, 0.3) is 10.9 Å². The molecular formula is C22H31N3O. The van der Waals surface area contributed by atoms with E-state index < -0.39 is 0 Å². The molecule has 1 aromatic heterocycles. The molecule has 0 aliphatic carbocycles. The number of nitrogens with two attached hydrogens (primary N) is 1. The monoisotopic (exact) mass is 353 g/mol. The second kappa shape index (κ2) is 9.15. The molecule has 1 aliphatic heterocycles. The van der Waals surface area contributed by atoms with Gasteiger partial charge in [0.2, 0.25) is 0 Å². The van der Waals surface area contributed by atoms with Gasteiger partial charge in [0.25, 0.3) is 0 Å². The molecule has 26 heavy (non-hydrogen) atoms. The first-order valence-electron chi connectivity index (χ1n) is 9.89. The Hall–Kier alpha value is -1.91. The molecule has 0 bridgehead atoms. The van der Waals surface area contributed by atoms with Crippen LogP contribution in [0.2, 0.25) is 0 Å². The van der Waals surface area contributed by atoms with Crippen molar-refractivity contribution in [1.29, 1.82) is 0 Å². The normalized spacial score (nSPS) is 20.1. The number of allylic oxidation sites excluding steroid dienone is 1. The van der Waals surface area contributed by atoms with Gasteiger partial charge in [-0.05, 0) is 63.9 Å². The highest BCUT2D eigenvalue weighted by Crippen LogP contribution is 2.28. The largest absolute Gasteiger partial charge is 0.352 e. The van der Waals surface area contributed by atoms with Crippen LogP contribution in [0.3, 0.4) is 0 Å². The standard InChI is InChI=1S/C22H31N3O/c1-2-17-16-25(12-7-3-6-11-23)13-10-18(17)15-22(26)21-14-19-8-4-5-9-20(19)24-21/h2,4-5,8-9,14,18,24H,3,6-7,10-13,15-16,23H2,1H3/b17-2-/t18-/m0/s1. The summed E-state index contributed by atoms with van der Waals surface area (Å²) < 4.78 is 0. The number of nitrogens with one attached hydrogen (secondary N) is 1. The van der Waals surface area contributed by atoms with E-state index in [1.807, 2.05) is 30.3 Å². The van der Waals surface area contributed by atoms with Crippen molar-refractivity contribution >= 4 is 16.7 Å². The third-order valence-electron chi connectivity index (χ3n) is 5.54. The number of hydrogen-bond donors (Lipinski definition) is 2. The first-order chi connectivity index (χ1) is 12.7. The number of hydrogen-bond acceptors (Lipinski definition) is 3. The number of piperidine rings is 1. The summed E-state index contributed by atoms with van der Waals surface area (Å²) in [6.07, 6.45) is 7.44. The van der Waals surface area contributed by atoms with E-state index in [0.29, 0.717) is 12.3 Å². The van der Waals surface area contributed by atoms with Crippen molar-refractivity contribution in [3.8, 4) is 0 Å². The highest BCUT2D eigenvalue weighted by Gasteiger charge is 2.26. The number of nitrogens with zero attached hydrogens (tertiary/aromatic N) is 1. The SMILES string of the molecule is C/C=C1/CN(CCCCCN)CC[C@H]1CC(=O)c1cc2ccccc2[nH]1. The lowest BCUT2D eigenvalue weighted by atomic mass is 9.86. The number of carbonyl (C=O) groups excluding carboxylic acids is 1. The van der Waals surface area contributed by atoms with Crippen LogP contribution in [0.5, 0.6) is 0 Å². The van der Waals surface area contributed by atoms with Crippen molar-refractivity contribution in [3.63, 3.8) is 0 Å². The zero-order valence-electron chi connectivity index (χ0n) is 15.8. The van der Waals surface area contributed by atoms with Gasteiger partial charge in [0, 0.05) is 23.9 Å². The minimum absolute atomic E-state index is 0.224. The fraction of sp³-hybridized carbons (Fsp3) is 0.500. The molecule has 140 valence electrons. The molecule has 1 fully saturated rings. The molecular weight excluding hydrogens is 322 g/mol. The molecule has 4 heteroatoms. The van der Waals surface area contributed by atoms with E-state index in [2.05, 4.69) is 22.9 Å². The molecule has 1 atom stereocenters. The van der Waals surface area contributed by atoms with Gasteiger partial charge in [-0.2, -0.15) is 0 Å². The summed E-state index contributed by atoms with van der Waals surface area (Å²) >= 11 is 0. The summed E-state index contributed by atoms with van der Waals surface area (Å²) in [4.78, 5) is 18.6. The second-order valence-electron chi connectivity index (χ2n) is 7.37. The van der Waals surface area contributed by atoms with Gasteiger partial charge in [-0.15, -0.1) is 0 Å². The van der Waals surface area contributed by atoms with Gasteiger partial charge in [-0.25, -0.2) is 0 Å². The Balaban J connectivity index is 1.56. The molecule has 0 saturated carbocycles. The molecule has 3 rings (SSSR count). The van der Waals surface area contributed by atoms with Crippen LogP contribution >= 0.6 is 0 Å². The van der Waals surface area contributed by atoms with Gasteiger partial charge in [0.15, 0.2) is 5.78 Å². The number of likely N-dealkylation sites (tertiary alicyclic amines) is 1. The Morgan fingerprint density at radius 3 is 2.92 bits per heavy atom. The number of rotatable bonds is 8. The van der Waals surface area contributed by atoms with Gasteiger partial charge >= 0.3 is 0 Å². The fourth-order valence-electron chi connectivity index (χ4n) is 3.96. The molecule has 1 aliphatic rings. The zero-order valence-corrected chi connectivity index (χ0v) is 15.8. The molecule has 0 spiro atoms. The van der Waals surface area contributed by atoms with E-state index in [1.165, 1.54) is 18.4 Å². The molecule has 4 nitrogen and oxygen atoms in total. The molecule has 1 aromatic carbocycles. The number of aromatic amines is 1. The van der Waals surface area contributed by atoms with Crippen LogP contribution in [0.4, 0.5) is 0 Å². The molecule has 2 heterocycles. The van der Waals surface area contributed by atoms with Crippen LogP contribution in [-0.2, 0) is 0 Å². The average molecular weight is 354 g/mol. The van der Waals surface area contributed by atoms with E-state index in [0.717, 1.165) is 55.6 Å². The molecule has 2 aromatic rings. The maximum Gasteiger partial charge on any atom is 0.179 e. The lowest BCUT2D eigenvalue weighted by Crippen LogP contribution is -2.37. The zero-order chi connectivity index (χ0) is 18.4. The minimum atomic E-state index is 0.224. The maximum atomic E-state index is 12.8. The summed E-state index contributed by atoms with van der Waals surface area (Å²) in [6.45, 7) is 6.13. The Morgan fingerprint density at radius 1 is 1.31 bits per heavy atom. The third kappa shape index (κ3) is 4.63. The number of Topliss-reactive ketones (excluding diaryl/α,β-unsaturated/α-hetero) is 1. The lowest BCUT2D eigenvalue weighted by Gasteiger charge is -2.34. The van der Waals surface area contributed by atoms with E-state index in [1.54, 1.807) is 0 Å². The topological polar surface area (TPSA) is 62.1 Å². The van der Waals surface area contributed by atoms with Crippen molar-refractivity contribution in [2.24, 2.45) is 11.7 Å². The molecule has 0 amide bonds. The highest BCUT2D eigenvalue weighted by molar-refractivity contribution is 5.99. The predicted octanol–water partition coefficient (Wildman–Crippen LogP) is 4.14. The van der Waals surface area contributed by atoms with E-state index in [4.69, 9.17) is 5.73 Å². The Bertz CT molecular complexity index is 729. The van der Waals surface area contributed by atoms with Crippen LogP contribution in [-0.4, -0.2) is 41.8 Å². The van der Waals surface area contributed by atoms with Gasteiger partial charge in [0.1, 0.15) is 0 Å². The van der Waals surface area contributed by atoms with Gasteiger partial charge in [-0.1, -0.05) is 36.3 Å². The van der Waals surface area contributed by atoms with Crippen LogP contribution in [0, 0.1) is 5.92 Å². The number of para-hydroxylation sites is 1.